The Morgan fingerprint density at radius 2 is 1.90 bits per heavy atom. The van der Waals surface area contributed by atoms with Crippen LogP contribution in [-0.4, -0.2) is 4.98 Å². The predicted octanol–water partition coefficient (Wildman–Crippen LogP) is 8.04. The van der Waals surface area contributed by atoms with Gasteiger partial charge in [0.05, 0.1) is 11.3 Å². The van der Waals surface area contributed by atoms with E-state index in [2.05, 4.69) is 42.0 Å². The second-order valence-corrected chi connectivity index (χ2v) is 8.62. The molecule has 1 fully saturated rings. The molecule has 0 saturated heterocycles. The quantitative estimate of drug-likeness (QED) is 0.375. The fraction of sp³-hybridized carbons (Fsp3) is 0.385. The van der Waals surface area contributed by atoms with Crippen LogP contribution in [0, 0.1) is 5.92 Å². The molecule has 164 valence electrons. The van der Waals surface area contributed by atoms with Crippen LogP contribution in [0.3, 0.4) is 0 Å². The summed E-state index contributed by atoms with van der Waals surface area (Å²) in [5, 5.41) is 4.65. The zero-order valence-electron chi connectivity index (χ0n) is 17.9. The molecule has 31 heavy (non-hydrogen) atoms. The lowest BCUT2D eigenvalue weighted by molar-refractivity contribution is -0.137. The summed E-state index contributed by atoms with van der Waals surface area (Å²) in [5.41, 5.74) is 4.84. The van der Waals surface area contributed by atoms with Gasteiger partial charge in [0.25, 0.3) is 0 Å². The van der Waals surface area contributed by atoms with E-state index in [4.69, 9.17) is 0 Å². The molecule has 0 spiro atoms. The summed E-state index contributed by atoms with van der Waals surface area (Å²) < 4.78 is 38.5. The molecular formula is C26H29F3N2. The second kappa shape index (κ2) is 8.81. The van der Waals surface area contributed by atoms with Gasteiger partial charge < -0.3 is 10.3 Å². The van der Waals surface area contributed by atoms with E-state index in [-0.39, 0.29) is 5.92 Å². The molecule has 2 N–H and O–H groups in total. The van der Waals surface area contributed by atoms with Crippen LogP contribution < -0.4 is 5.32 Å². The average Bonchev–Trinajstić information content (AvgIpc) is 3.09. The maximum Gasteiger partial charge on any atom is 0.416 e. The minimum atomic E-state index is -4.29. The predicted molar refractivity (Wildman–Crippen MR) is 121 cm³/mol. The molecule has 2 aromatic carbocycles. The van der Waals surface area contributed by atoms with Gasteiger partial charge in [0.1, 0.15) is 0 Å². The third kappa shape index (κ3) is 4.81. The Labute approximate surface area is 181 Å². The van der Waals surface area contributed by atoms with Crippen LogP contribution >= 0.6 is 0 Å². The molecule has 0 amide bonds. The number of benzene rings is 2. The Morgan fingerprint density at radius 3 is 2.52 bits per heavy atom. The van der Waals surface area contributed by atoms with Crippen molar-refractivity contribution in [2.24, 2.45) is 5.92 Å². The van der Waals surface area contributed by atoms with Crippen molar-refractivity contribution in [1.29, 1.82) is 0 Å². The van der Waals surface area contributed by atoms with Crippen LogP contribution in [0.15, 0.2) is 60.9 Å². The van der Waals surface area contributed by atoms with E-state index in [0.29, 0.717) is 5.92 Å². The third-order valence-corrected chi connectivity index (χ3v) is 6.62. The van der Waals surface area contributed by atoms with Crippen LogP contribution in [0.2, 0.25) is 0 Å². The monoisotopic (exact) mass is 426 g/mol. The molecule has 3 aromatic rings. The first-order chi connectivity index (χ1) is 14.8. The average molecular weight is 427 g/mol. The fourth-order valence-corrected chi connectivity index (χ4v) is 4.35. The number of rotatable bonds is 8. The van der Waals surface area contributed by atoms with E-state index < -0.39 is 11.7 Å². The highest BCUT2D eigenvalue weighted by molar-refractivity contribution is 5.93. The maximum absolute atomic E-state index is 12.8. The number of allylic oxidation sites excluding steroid dienone is 1. The van der Waals surface area contributed by atoms with Crippen molar-refractivity contribution in [2.45, 2.75) is 57.5 Å². The first-order valence-corrected chi connectivity index (χ1v) is 11.1. The lowest BCUT2D eigenvalue weighted by Crippen LogP contribution is -2.17. The van der Waals surface area contributed by atoms with Gasteiger partial charge in [-0.15, -0.1) is 0 Å². The molecule has 1 heterocycles. The number of H-pyrrole nitrogens is 1. The number of nitrogens with one attached hydrogen (secondary N) is 2. The van der Waals surface area contributed by atoms with Gasteiger partial charge in [-0.25, -0.2) is 0 Å². The molecule has 2 nitrogen and oxygen atoms in total. The van der Waals surface area contributed by atoms with E-state index >= 15 is 0 Å². The number of fused-ring (bicyclic) bond motifs is 1. The van der Waals surface area contributed by atoms with Crippen LogP contribution in [0.5, 0.6) is 0 Å². The van der Waals surface area contributed by atoms with Gasteiger partial charge in [-0.2, -0.15) is 13.2 Å². The normalized spacial score (nSPS) is 15.6. The van der Waals surface area contributed by atoms with Gasteiger partial charge in [-0.05, 0) is 79.3 Å². The SMILES string of the molecule is C=C(Nc1c[nH]c2ccc(CCC(CC)c3ccc(C(F)(F)F)cc3)cc12)C1CCC1. The van der Waals surface area contributed by atoms with Crippen molar-refractivity contribution in [3.63, 3.8) is 0 Å². The summed E-state index contributed by atoms with van der Waals surface area (Å²) in [7, 11) is 0. The summed E-state index contributed by atoms with van der Waals surface area (Å²) in [5.74, 6) is 0.808. The lowest BCUT2D eigenvalue weighted by atomic mass is 9.83. The van der Waals surface area contributed by atoms with Crippen molar-refractivity contribution in [3.8, 4) is 0 Å². The molecule has 0 radical (unpaired) electrons. The topological polar surface area (TPSA) is 27.8 Å². The zero-order valence-corrected chi connectivity index (χ0v) is 17.9. The highest BCUT2D eigenvalue weighted by atomic mass is 19.4. The van der Waals surface area contributed by atoms with Gasteiger partial charge in [0.2, 0.25) is 0 Å². The highest BCUT2D eigenvalue weighted by Crippen LogP contribution is 2.35. The minimum absolute atomic E-state index is 0.236. The lowest BCUT2D eigenvalue weighted by Gasteiger charge is -2.28. The van der Waals surface area contributed by atoms with Gasteiger partial charge in [0, 0.05) is 22.8 Å². The number of alkyl halides is 3. The highest BCUT2D eigenvalue weighted by Gasteiger charge is 2.30. The van der Waals surface area contributed by atoms with E-state index in [1.807, 2.05) is 6.20 Å². The standard InChI is InChI=1S/C26H29F3N2/c1-3-19(21-10-12-22(13-11-21)26(27,28)29)9-7-18-8-14-24-23(15-18)25(16-30-24)31-17(2)20-5-4-6-20/h8,10-16,19-20,30-31H,2-7,9H2,1H3. The molecule has 4 rings (SSSR count). The maximum atomic E-state index is 12.8. The largest absolute Gasteiger partial charge is 0.416 e. The van der Waals surface area contributed by atoms with Crippen molar-refractivity contribution < 1.29 is 13.2 Å². The molecular weight excluding hydrogens is 397 g/mol. The molecule has 1 aliphatic carbocycles. The molecule has 0 bridgehead atoms. The molecule has 1 atom stereocenters. The van der Waals surface area contributed by atoms with E-state index in [1.165, 1.54) is 37.0 Å². The Balaban J connectivity index is 1.45. The number of aromatic nitrogens is 1. The zero-order chi connectivity index (χ0) is 22.0. The third-order valence-electron chi connectivity index (χ3n) is 6.62. The Morgan fingerprint density at radius 1 is 1.16 bits per heavy atom. The minimum Gasteiger partial charge on any atom is -0.359 e. The fourth-order valence-electron chi connectivity index (χ4n) is 4.35. The van der Waals surface area contributed by atoms with E-state index in [9.17, 15) is 13.2 Å². The number of aromatic amines is 1. The van der Waals surface area contributed by atoms with Crippen molar-refractivity contribution >= 4 is 16.6 Å². The van der Waals surface area contributed by atoms with Crippen LogP contribution in [0.1, 0.15) is 61.6 Å². The summed E-state index contributed by atoms with van der Waals surface area (Å²) in [6, 6.07) is 12.1. The number of hydrogen-bond acceptors (Lipinski definition) is 1. The summed E-state index contributed by atoms with van der Waals surface area (Å²) in [6.07, 6.45) is 4.08. The molecule has 0 aliphatic heterocycles. The number of aryl methyl sites for hydroxylation is 1. The van der Waals surface area contributed by atoms with Gasteiger partial charge >= 0.3 is 6.18 Å². The molecule has 1 unspecified atom stereocenters. The van der Waals surface area contributed by atoms with Gasteiger partial charge in [-0.1, -0.05) is 38.1 Å². The van der Waals surface area contributed by atoms with E-state index in [0.717, 1.165) is 47.1 Å². The van der Waals surface area contributed by atoms with Crippen molar-refractivity contribution in [1.82, 2.24) is 4.98 Å². The van der Waals surface area contributed by atoms with Crippen LogP contribution in [-0.2, 0) is 12.6 Å². The second-order valence-electron chi connectivity index (χ2n) is 8.62. The molecule has 1 aliphatic rings. The molecule has 1 saturated carbocycles. The van der Waals surface area contributed by atoms with Crippen molar-refractivity contribution in [3.05, 3.63) is 77.6 Å². The number of halogens is 3. The first kappa shape index (κ1) is 21.5. The van der Waals surface area contributed by atoms with Crippen LogP contribution in [0.25, 0.3) is 10.9 Å². The molecule has 1 aromatic heterocycles. The summed E-state index contributed by atoms with van der Waals surface area (Å²) in [6.45, 7) is 6.30. The summed E-state index contributed by atoms with van der Waals surface area (Å²) in [4.78, 5) is 3.32. The smallest absolute Gasteiger partial charge is 0.359 e. The Kier molecular flexibility index (Phi) is 6.12. The van der Waals surface area contributed by atoms with Gasteiger partial charge in [-0.3, -0.25) is 0 Å². The number of anilines is 1. The Bertz CT molecular complexity index is 1040. The first-order valence-electron chi connectivity index (χ1n) is 11.1. The summed E-state index contributed by atoms with van der Waals surface area (Å²) >= 11 is 0. The van der Waals surface area contributed by atoms with Crippen molar-refractivity contribution in [2.75, 3.05) is 5.32 Å². The number of hydrogen-bond donors (Lipinski definition) is 2. The van der Waals surface area contributed by atoms with E-state index in [1.54, 1.807) is 12.1 Å². The van der Waals surface area contributed by atoms with Gasteiger partial charge in [0.15, 0.2) is 0 Å². The Hall–Kier alpha value is -2.69. The van der Waals surface area contributed by atoms with Crippen LogP contribution in [0.4, 0.5) is 18.9 Å². The molecule has 5 heteroatoms.